The Balaban J connectivity index is 0.00000192. The zero-order chi connectivity index (χ0) is 15.4. The zero-order valence-corrected chi connectivity index (χ0v) is 14.1. The second-order valence-electron chi connectivity index (χ2n) is 6.22. The number of nitrogens with zero attached hydrogens (tertiary/aromatic N) is 2. The fraction of sp³-hybridized carbons (Fsp3) is 0.412. The van der Waals surface area contributed by atoms with Crippen molar-refractivity contribution in [1.82, 2.24) is 20.4 Å². The molecule has 0 aliphatic carbocycles. The fourth-order valence-corrected chi connectivity index (χ4v) is 2.76. The van der Waals surface area contributed by atoms with E-state index < -0.39 is 0 Å². The lowest BCUT2D eigenvalue weighted by Crippen LogP contribution is -2.43. The van der Waals surface area contributed by atoms with E-state index in [0.29, 0.717) is 12.2 Å². The van der Waals surface area contributed by atoms with Gasteiger partial charge in [-0.15, -0.1) is 12.4 Å². The highest BCUT2D eigenvalue weighted by molar-refractivity contribution is 5.92. The predicted octanol–water partition coefficient (Wildman–Crippen LogP) is 2.41. The molecule has 1 fully saturated rings. The Bertz CT molecular complexity index is 635. The quantitative estimate of drug-likeness (QED) is 0.902. The van der Waals surface area contributed by atoms with E-state index in [4.69, 9.17) is 0 Å². The highest BCUT2D eigenvalue weighted by atomic mass is 35.5. The zero-order valence-electron chi connectivity index (χ0n) is 13.3. The Morgan fingerprint density at radius 2 is 1.96 bits per heavy atom. The van der Waals surface area contributed by atoms with Gasteiger partial charge in [0.1, 0.15) is 0 Å². The van der Waals surface area contributed by atoms with Crippen molar-refractivity contribution in [3.63, 3.8) is 0 Å². The topological polar surface area (TPSA) is 59.0 Å². The molecule has 23 heavy (non-hydrogen) atoms. The van der Waals surface area contributed by atoms with Crippen LogP contribution >= 0.6 is 12.4 Å². The summed E-state index contributed by atoms with van der Waals surface area (Å²) in [5.41, 5.74) is 1.59. The third-order valence-electron chi connectivity index (χ3n) is 4.33. The summed E-state index contributed by atoms with van der Waals surface area (Å²) in [5, 5.41) is 10.7. The molecule has 1 saturated heterocycles. The molecule has 6 heteroatoms. The average Bonchev–Trinajstić information content (AvgIpc) is 3.04. The standard InChI is InChI=1S/C17H22N4O.ClH/c1-17(8-10-18-11-9-17)13-19-16(22)15-7-12-21(20-15)14-5-3-2-4-6-14;/h2-7,12,18H,8-11,13H2,1H3,(H,19,22);1H. The van der Waals surface area contributed by atoms with Gasteiger partial charge >= 0.3 is 0 Å². The number of amides is 1. The van der Waals surface area contributed by atoms with Gasteiger partial charge in [0.25, 0.3) is 5.91 Å². The molecule has 1 aliphatic heterocycles. The number of nitrogens with one attached hydrogen (secondary N) is 2. The molecule has 2 heterocycles. The van der Waals surface area contributed by atoms with Gasteiger partial charge in [-0.1, -0.05) is 25.1 Å². The van der Waals surface area contributed by atoms with Gasteiger partial charge in [-0.25, -0.2) is 4.68 Å². The number of rotatable bonds is 4. The molecular formula is C17H23ClN4O. The summed E-state index contributed by atoms with van der Waals surface area (Å²) in [4.78, 5) is 12.3. The van der Waals surface area contributed by atoms with Crippen molar-refractivity contribution in [2.45, 2.75) is 19.8 Å². The molecule has 1 aromatic carbocycles. The highest BCUT2D eigenvalue weighted by Gasteiger charge is 2.27. The molecule has 124 valence electrons. The van der Waals surface area contributed by atoms with Crippen LogP contribution in [0.1, 0.15) is 30.3 Å². The number of aromatic nitrogens is 2. The monoisotopic (exact) mass is 334 g/mol. The maximum atomic E-state index is 12.3. The van der Waals surface area contributed by atoms with Crippen LogP contribution in [-0.2, 0) is 0 Å². The van der Waals surface area contributed by atoms with Crippen molar-refractivity contribution in [3.05, 3.63) is 48.3 Å². The van der Waals surface area contributed by atoms with Gasteiger partial charge in [0, 0.05) is 12.7 Å². The number of carbonyl (C=O) groups is 1. The van der Waals surface area contributed by atoms with E-state index in [9.17, 15) is 4.79 Å². The number of piperidine rings is 1. The normalized spacial score (nSPS) is 16.4. The molecule has 0 bridgehead atoms. The summed E-state index contributed by atoms with van der Waals surface area (Å²) in [6, 6.07) is 11.5. The second-order valence-corrected chi connectivity index (χ2v) is 6.22. The van der Waals surface area contributed by atoms with Crippen LogP contribution in [-0.4, -0.2) is 35.3 Å². The van der Waals surface area contributed by atoms with Gasteiger partial charge in [-0.05, 0) is 49.5 Å². The molecule has 0 atom stereocenters. The van der Waals surface area contributed by atoms with Gasteiger partial charge in [0.15, 0.2) is 5.69 Å². The Morgan fingerprint density at radius 1 is 1.26 bits per heavy atom. The lowest BCUT2D eigenvalue weighted by molar-refractivity contribution is 0.0917. The Labute approximate surface area is 142 Å². The first-order valence-corrected chi connectivity index (χ1v) is 7.76. The minimum Gasteiger partial charge on any atom is -0.350 e. The Morgan fingerprint density at radius 3 is 2.65 bits per heavy atom. The van der Waals surface area contributed by atoms with E-state index in [1.54, 1.807) is 10.7 Å². The summed E-state index contributed by atoms with van der Waals surface area (Å²) in [7, 11) is 0. The maximum Gasteiger partial charge on any atom is 0.271 e. The van der Waals surface area contributed by atoms with Crippen LogP contribution in [0, 0.1) is 5.41 Å². The van der Waals surface area contributed by atoms with Crippen LogP contribution in [0.3, 0.4) is 0 Å². The lowest BCUT2D eigenvalue weighted by atomic mass is 9.81. The number of para-hydroxylation sites is 1. The van der Waals surface area contributed by atoms with Crippen molar-refractivity contribution in [2.75, 3.05) is 19.6 Å². The summed E-state index contributed by atoms with van der Waals surface area (Å²) >= 11 is 0. The number of hydrogen-bond donors (Lipinski definition) is 2. The van der Waals surface area contributed by atoms with Crippen molar-refractivity contribution in [1.29, 1.82) is 0 Å². The first kappa shape index (κ1) is 17.5. The minimum absolute atomic E-state index is 0. The summed E-state index contributed by atoms with van der Waals surface area (Å²) in [6.45, 7) is 4.98. The number of benzene rings is 1. The van der Waals surface area contributed by atoms with Crippen LogP contribution in [0.4, 0.5) is 0 Å². The highest BCUT2D eigenvalue weighted by Crippen LogP contribution is 2.26. The van der Waals surface area contributed by atoms with E-state index >= 15 is 0 Å². The number of halogens is 1. The summed E-state index contributed by atoms with van der Waals surface area (Å²) in [5.74, 6) is -0.102. The largest absolute Gasteiger partial charge is 0.350 e. The molecule has 0 radical (unpaired) electrons. The van der Waals surface area contributed by atoms with Crippen LogP contribution in [0.15, 0.2) is 42.6 Å². The molecule has 5 nitrogen and oxygen atoms in total. The van der Waals surface area contributed by atoms with Crippen LogP contribution in [0.25, 0.3) is 5.69 Å². The van der Waals surface area contributed by atoms with Crippen LogP contribution < -0.4 is 10.6 Å². The first-order valence-electron chi connectivity index (χ1n) is 7.76. The molecular weight excluding hydrogens is 312 g/mol. The predicted molar refractivity (Wildman–Crippen MR) is 93.4 cm³/mol. The molecule has 0 saturated carbocycles. The molecule has 0 unspecified atom stereocenters. The van der Waals surface area contributed by atoms with Gasteiger partial charge in [-0.2, -0.15) is 5.10 Å². The minimum atomic E-state index is -0.102. The number of hydrogen-bond acceptors (Lipinski definition) is 3. The third-order valence-corrected chi connectivity index (χ3v) is 4.33. The summed E-state index contributed by atoms with van der Waals surface area (Å²) in [6.07, 6.45) is 3.99. The van der Waals surface area contributed by atoms with E-state index in [1.807, 2.05) is 36.5 Å². The van der Waals surface area contributed by atoms with Gasteiger partial charge < -0.3 is 10.6 Å². The Hall–Kier alpha value is -1.85. The van der Waals surface area contributed by atoms with E-state index in [-0.39, 0.29) is 23.7 Å². The van der Waals surface area contributed by atoms with Crippen molar-refractivity contribution in [2.24, 2.45) is 5.41 Å². The van der Waals surface area contributed by atoms with Gasteiger partial charge in [0.2, 0.25) is 0 Å². The van der Waals surface area contributed by atoms with E-state index in [0.717, 1.165) is 31.6 Å². The third kappa shape index (κ3) is 4.33. The SMILES string of the molecule is CC1(CNC(=O)c2ccn(-c3ccccc3)n2)CCNCC1.Cl. The number of carbonyl (C=O) groups excluding carboxylic acids is 1. The smallest absolute Gasteiger partial charge is 0.271 e. The molecule has 2 N–H and O–H groups in total. The fourth-order valence-electron chi connectivity index (χ4n) is 2.76. The Kier molecular flexibility index (Phi) is 5.80. The van der Waals surface area contributed by atoms with E-state index in [1.165, 1.54) is 0 Å². The second kappa shape index (κ2) is 7.62. The molecule has 1 aromatic heterocycles. The first-order chi connectivity index (χ1) is 10.7. The molecule has 0 spiro atoms. The molecule has 1 aliphatic rings. The van der Waals surface area contributed by atoms with Crippen molar-refractivity contribution >= 4 is 18.3 Å². The maximum absolute atomic E-state index is 12.3. The molecule has 3 rings (SSSR count). The molecule has 1 amide bonds. The van der Waals surface area contributed by atoms with Crippen LogP contribution in [0.2, 0.25) is 0 Å². The van der Waals surface area contributed by atoms with Crippen molar-refractivity contribution < 1.29 is 4.79 Å². The average molecular weight is 335 g/mol. The van der Waals surface area contributed by atoms with Crippen molar-refractivity contribution in [3.8, 4) is 5.69 Å². The van der Waals surface area contributed by atoms with Gasteiger partial charge in [0.05, 0.1) is 5.69 Å². The summed E-state index contributed by atoms with van der Waals surface area (Å²) < 4.78 is 1.72. The van der Waals surface area contributed by atoms with E-state index in [2.05, 4.69) is 22.7 Å². The van der Waals surface area contributed by atoms with Crippen LogP contribution in [0.5, 0.6) is 0 Å². The lowest BCUT2D eigenvalue weighted by Gasteiger charge is -2.34. The van der Waals surface area contributed by atoms with Gasteiger partial charge in [-0.3, -0.25) is 4.79 Å². The molecule has 2 aromatic rings.